The molecule has 1 rings (SSSR count). The van der Waals surface area contributed by atoms with Gasteiger partial charge in [0.05, 0.1) is 5.60 Å². The monoisotopic (exact) mass is 432 g/mol. The van der Waals surface area contributed by atoms with Gasteiger partial charge in [0.2, 0.25) is 0 Å². The van der Waals surface area contributed by atoms with E-state index in [1.807, 2.05) is 6.92 Å². The second kappa shape index (κ2) is 13.4. The molecule has 0 spiro atoms. The Morgan fingerprint density at radius 1 is 0.710 bits per heavy atom. The predicted molar refractivity (Wildman–Crippen MR) is 131 cm³/mol. The number of carbonyl (C=O) groups is 2. The molecule has 0 aliphatic heterocycles. The maximum absolute atomic E-state index is 12.6. The molecule has 0 aromatic rings. The van der Waals surface area contributed by atoms with Crippen LogP contribution in [0.4, 0.5) is 0 Å². The SMILES string of the molecule is CC1=C(C)C(=O)C(CC[C@](C)(O)CCC[C@H](C)CCCCCCCC(C)C)=C(C)C1=O. The Kier molecular flexibility index (Phi) is 12.0. The number of hydrogen-bond acceptors (Lipinski definition) is 3. The molecule has 0 heterocycles. The van der Waals surface area contributed by atoms with Crippen LogP contribution in [0.5, 0.6) is 0 Å². The van der Waals surface area contributed by atoms with E-state index >= 15 is 0 Å². The number of aliphatic hydroxyl groups is 1. The summed E-state index contributed by atoms with van der Waals surface area (Å²) in [5.74, 6) is 1.47. The number of allylic oxidation sites excluding steroid dienone is 4. The lowest BCUT2D eigenvalue weighted by Gasteiger charge is -2.26. The number of unbranched alkanes of at least 4 members (excludes halogenated alkanes) is 4. The number of ketones is 2. The van der Waals surface area contributed by atoms with Crippen LogP contribution in [-0.2, 0) is 9.59 Å². The van der Waals surface area contributed by atoms with E-state index in [9.17, 15) is 14.7 Å². The number of rotatable bonds is 15. The standard InChI is InChI=1S/C28H48O3/c1-20(2)14-11-9-8-10-12-15-21(3)16-13-18-28(7,31)19-17-25-24(6)26(29)22(4)23(5)27(25)30/h20-21,31H,8-19H2,1-7H3/t21-,28-/m1/s1. The number of hydrogen-bond donors (Lipinski definition) is 1. The third-order valence-corrected chi connectivity index (χ3v) is 7.12. The molecule has 0 unspecified atom stereocenters. The lowest BCUT2D eigenvalue weighted by atomic mass is 9.81. The van der Waals surface area contributed by atoms with Crippen LogP contribution in [0.3, 0.4) is 0 Å². The molecule has 0 saturated heterocycles. The third kappa shape index (κ3) is 9.85. The lowest BCUT2D eigenvalue weighted by Crippen LogP contribution is -2.27. The molecule has 1 aliphatic rings. The van der Waals surface area contributed by atoms with Gasteiger partial charge in [0.25, 0.3) is 0 Å². The van der Waals surface area contributed by atoms with E-state index in [4.69, 9.17) is 0 Å². The van der Waals surface area contributed by atoms with Crippen molar-refractivity contribution in [3.8, 4) is 0 Å². The van der Waals surface area contributed by atoms with Crippen LogP contribution in [0.25, 0.3) is 0 Å². The van der Waals surface area contributed by atoms with Crippen molar-refractivity contribution >= 4 is 11.6 Å². The molecule has 0 radical (unpaired) electrons. The Labute approximate surface area is 191 Å². The highest BCUT2D eigenvalue weighted by molar-refractivity contribution is 6.24. The maximum atomic E-state index is 12.6. The van der Waals surface area contributed by atoms with Crippen molar-refractivity contribution in [3.05, 3.63) is 22.3 Å². The molecule has 0 aromatic carbocycles. The van der Waals surface area contributed by atoms with Crippen molar-refractivity contribution in [1.29, 1.82) is 0 Å². The quantitative estimate of drug-likeness (QED) is 0.215. The summed E-state index contributed by atoms with van der Waals surface area (Å²) < 4.78 is 0. The van der Waals surface area contributed by atoms with Crippen molar-refractivity contribution in [3.63, 3.8) is 0 Å². The molecule has 3 nitrogen and oxygen atoms in total. The summed E-state index contributed by atoms with van der Waals surface area (Å²) in [6, 6.07) is 0. The Morgan fingerprint density at radius 2 is 1.23 bits per heavy atom. The first kappa shape index (κ1) is 27.8. The summed E-state index contributed by atoms with van der Waals surface area (Å²) in [5, 5.41) is 10.8. The van der Waals surface area contributed by atoms with Gasteiger partial charge in [-0.05, 0) is 58.8 Å². The van der Waals surface area contributed by atoms with Crippen LogP contribution in [0.15, 0.2) is 22.3 Å². The molecule has 0 fully saturated rings. The Hall–Kier alpha value is -1.22. The van der Waals surface area contributed by atoms with Crippen molar-refractivity contribution < 1.29 is 14.7 Å². The van der Waals surface area contributed by atoms with Crippen molar-refractivity contribution in [2.75, 3.05) is 0 Å². The minimum Gasteiger partial charge on any atom is -0.390 e. The van der Waals surface area contributed by atoms with Crippen LogP contribution in [0.2, 0.25) is 0 Å². The largest absolute Gasteiger partial charge is 0.390 e. The smallest absolute Gasteiger partial charge is 0.185 e. The molecule has 178 valence electrons. The first-order valence-corrected chi connectivity index (χ1v) is 12.6. The predicted octanol–water partition coefficient (Wildman–Crippen LogP) is 7.52. The molecular formula is C28H48O3. The van der Waals surface area contributed by atoms with Gasteiger partial charge in [0, 0.05) is 22.3 Å². The van der Waals surface area contributed by atoms with E-state index in [1.165, 1.54) is 44.9 Å². The molecule has 31 heavy (non-hydrogen) atoms. The molecule has 0 amide bonds. The lowest BCUT2D eigenvalue weighted by molar-refractivity contribution is -0.116. The Bertz CT molecular complexity index is 664. The van der Waals surface area contributed by atoms with E-state index in [0.717, 1.165) is 25.2 Å². The maximum Gasteiger partial charge on any atom is 0.185 e. The van der Waals surface area contributed by atoms with E-state index in [2.05, 4.69) is 20.8 Å². The molecule has 2 atom stereocenters. The van der Waals surface area contributed by atoms with Gasteiger partial charge >= 0.3 is 0 Å². The second-order valence-corrected chi connectivity index (χ2v) is 10.7. The van der Waals surface area contributed by atoms with Crippen LogP contribution in [-0.4, -0.2) is 22.3 Å². The fourth-order valence-electron chi connectivity index (χ4n) is 4.53. The summed E-state index contributed by atoms with van der Waals surface area (Å²) in [5.41, 5.74) is 1.47. The van der Waals surface area contributed by atoms with Gasteiger partial charge in [-0.3, -0.25) is 9.59 Å². The van der Waals surface area contributed by atoms with Crippen molar-refractivity contribution in [2.24, 2.45) is 11.8 Å². The van der Waals surface area contributed by atoms with Gasteiger partial charge in [-0.25, -0.2) is 0 Å². The van der Waals surface area contributed by atoms with Crippen LogP contribution in [0.1, 0.15) is 126 Å². The molecule has 1 aliphatic carbocycles. The first-order chi connectivity index (χ1) is 14.5. The summed E-state index contributed by atoms with van der Waals surface area (Å²) in [4.78, 5) is 24.9. The van der Waals surface area contributed by atoms with Gasteiger partial charge < -0.3 is 5.11 Å². The second-order valence-electron chi connectivity index (χ2n) is 10.7. The average molecular weight is 433 g/mol. The fourth-order valence-corrected chi connectivity index (χ4v) is 4.53. The zero-order chi connectivity index (χ0) is 23.6. The van der Waals surface area contributed by atoms with Crippen molar-refractivity contribution in [2.45, 2.75) is 131 Å². The minimum atomic E-state index is -0.795. The Morgan fingerprint density at radius 3 is 1.84 bits per heavy atom. The third-order valence-electron chi connectivity index (χ3n) is 7.12. The molecule has 0 saturated carbocycles. The Balaban J connectivity index is 2.28. The molecular weight excluding hydrogens is 384 g/mol. The summed E-state index contributed by atoms with van der Waals surface area (Å²) >= 11 is 0. The van der Waals surface area contributed by atoms with Gasteiger partial charge in [0.15, 0.2) is 11.6 Å². The van der Waals surface area contributed by atoms with Crippen LogP contribution < -0.4 is 0 Å². The van der Waals surface area contributed by atoms with Crippen LogP contribution in [0, 0.1) is 11.8 Å². The van der Waals surface area contributed by atoms with E-state index in [1.54, 1.807) is 20.8 Å². The van der Waals surface area contributed by atoms with Gasteiger partial charge in [0.1, 0.15) is 0 Å². The highest BCUT2D eigenvalue weighted by Crippen LogP contribution is 2.30. The van der Waals surface area contributed by atoms with Gasteiger partial charge in [-0.1, -0.05) is 78.6 Å². The first-order valence-electron chi connectivity index (χ1n) is 12.6. The average Bonchev–Trinajstić information content (AvgIpc) is 2.69. The zero-order valence-electron chi connectivity index (χ0n) is 21.4. The van der Waals surface area contributed by atoms with Crippen LogP contribution >= 0.6 is 0 Å². The van der Waals surface area contributed by atoms with Crippen molar-refractivity contribution in [1.82, 2.24) is 0 Å². The highest BCUT2D eigenvalue weighted by Gasteiger charge is 2.29. The fraction of sp³-hybridized carbons (Fsp3) is 0.786. The zero-order valence-corrected chi connectivity index (χ0v) is 21.4. The normalized spacial score (nSPS) is 18.2. The molecule has 1 N–H and O–H groups in total. The van der Waals surface area contributed by atoms with E-state index in [-0.39, 0.29) is 11.6 Å². The summed E-state index contributed by atoms with van der Waals surface area (Å²) in [6.07, 6.45) is 13.3. The molecule has 0 aromatic heterocycles. The van der Waals surface area contributed by atoms with Gasteiger partial charge in [-0.15, -0.1) is 0 Å². The summed E-state index contributed by atoms with van der Waals surface area (Å²) in [6.45, 7) is 14.0. The van der Waals surface area contributed by atoms with E-state index < -0.39 is 5.60 Å². The molecule has 0 bridgehead atoms. The number of Topliss-reactive ketones (excluding diaryl/α,β-unsaturated/α-hetero) is 2. The topological polar surface area (TPSA) is 54.4 Å². The number of carbonyl (C=O) groups excluding carboxylic acids is 2. The summed E-state index contributed by atoms with van der Waals surface area (Å²) in [7, 11) is 0. The minimum absolute atomic E-state index is 0.0248. The van der Waals surface area contributed by atoms with Gasteiger partial charge in [-0.2, -0.15) is 0 Å². The van der Waals surface area contributed by atoms with E-state index in [0.29, 0.717) is 41.1 Å². The molecule has 3 heteroatoms. The highest BCUT2D eigenvalue weighted by atomic mass is 16.3.